The Bertz CT molecular complexity index is 641. The second-order valence-electron chi connectivity index (χ2n) is 3.64. The van der Waals surface area contributed by atoms with Crippen LogP contribution in [-0.4, -0.2) is 0 Å². The molecule has 3 rings (SSSR count). The Hall–Kier alpha value is -1.60. The number of fused-ring (bicyclic) bond motifs is 3. The summed E-state index contributed by atoms with van der Waals surface area (Å²) in [4.78, 5) is 0.935. The van der Waals surface area contributed by atoms with Crippen molar-refractivity contribution in [2.24, 2.45) is 0 Å². The smallest absolute Gasteiger partial charge is 0.0461 e. The molecule has 0 N–H and O–H groups in total. The zero-order chi connectivity index (χ0) is 10.3. The van der Waals surface area contributed by atoms with Crippen molar-refractivity contribution in [3.8, 4) is 0 Å². The number of rotatable bonds is 0. The van der Waals surface area contributed by atoms with E-state index < -0.39 is 0 Å². The van der Waals surface area contributed by atoms with Crippen LogP contribution in [-0.2, 0) is 0 Å². The molecule has 0 aliphatic carbocycles. The molecule has 0 atom stereocenters. The predicted octanol–water partition coefficient (Wildman–Crippen LogP) is 4.55. The third-order valence-corrected chi connectivity index (χ3v) is 3.07. The van der Waals surface area contributed by atoms with Crippen molar-refractivity contribution in [1.29, 1.82) is 0 Å². The molecule has 0 spiro atoms. The van der Waals surface area contributed by atoms with Crippen molar-refractivity contribution in [3.05, 3.63) is 54.6 Å². The first-order valence-electron chi connectivity index (χ1n) is 4.94. The van der Waals surface area contributed by atoms with Crippen molar-refractivity contribution < 1.29 is 0 Å². The summed E-state index contributed by atoms with van der Waals surface area (Å²) in [6.07, 6.45) is 0. The van der Waals surface area contributed by atoms with E-state index in [1.54, 1.807) is 0 Å². The van der Waals surface area contributed by atoms with E-state index in [0.29, 0.717) is 0 Å². The van der Waals surface area contributed by atoms with E-state index in [1.807, 2.05) is 12.1 Å². The van der Waals surface area contributed by atoms with Gasteiger partial charge in [0.2, 0.25) is 0 Å². The summed E-state index contributed by atoms with van der Waals surface area (Å²) in [5.41, 5.74) is 0. The molecule has 0 fully saturated rings. The van der Waals surface area contributed by atoms with Crippen molar-refractivity contribution in [3.63, 3.8) is 0 Å². The van der Waals surface area contributed by atoms with Crippen molar-refractivity contribution >= 4 is 34.2 Å². The second-order valence-corrected chi connectivity index (χ2v) is 4.08. The SMILES string of the molecule is [S]c1cc2ccccc2c2ccccc12. The van der Waals surface area contributed by atoms with Crippen LogP contribution in [0.2, 0.25) is 0 Å². The van der Waals surface area contributed by atoms with Crippen LogP contribution in [0.4, 0.5) is 0 Å². The highest BCUT2D eigenvalue weighted by Gasteiger charge is 2.02. The van der Waals surface area contributed by atoms with E-state index in [0.717, 1.165) is 4.90 Å². The van der Waals surface area contributed by atoms with Crippen LogP contribution in [0.5, 0.6) is 0 Å². The fraction of sp³-hybridized carbons (Fsp3) is 0. The Balaban J connectivity index is 2.64. The Labute approximate surface area is 93.9 Å². The van der Waals surface area contributed by atoms with Crippen LogP contribution < -0.4 is 0 Å². The van der Waals surface area contributed by atoms with Crippen LogP contribution in [0.1, 0.15) is 0 Å². The number of hydrogen-bond acceptors (Lipinski definition) is 0. The molecule has 0 aliphatic rings. The maximum atomic E-state index is 5.38. The van der Waals surface area contributed by atoms with Gasteiger partial charge in [0.1, 0.15) is 0 Å². The summed E-state index contributed by atoms with van der Waals surface area (Å²) >= 11 is 5.38. The first-order chi connectivity index (χ1) is 7.36. The standard InChI is InChI=1S/C14H9S/c15-14-9-10-5-1-2-6-11(10)12-7-3-4-8-13(12)14/h1-9H. The van der Waals surface area contributed by atoms with Crippen LogP contribution in [0.15, 0.2) is 59.5 Å². The molecule has 3 aromatic rings. The fourth-order valence-electron chi connectivity index (χ4n) is 2.02. The zero-order valence-electron chi connectivity index (χ0n) is 8.10. The van der Waals surface area contributed by atoms with Crippen molar-refractivity contribution in [1.82, 2.24) is 0 Å². The lowest BCUT2D eigenvalue weighted by atomic mass is 10.0. The molecule has 0 saturated heterocycles. The molecule has 0 bridgehead atoms. The van der Waals surface area contributed by atoms with Gasteiger partial charge in [0.15, 0.2) is 0 Å². The summed E-state index contributed by atoms with van der Waals surface area (Å²) in [5, 5.41) is 4.93. The minimum absolute atomic E-state index is 0.935. The van der Waals surface area contributed by atoms with E-state index in [9.17, 15) is 0 Å². The maximum absolute atomic E-state index is 5.38. The topological polar surface area (TPSA) is 0 Å². The van der Waals surface area contributed by atoms with E-state index >= 15 is 0 Å². The molecular formula is C14H9S. The van der Waals surface area contributed by atoms with Gasteiger partial charge in [-0.15, -0.1) is 0 Å². The first-order valence-corrected chi connectivity index (χ1v) is 5.34. The number of benzene rings is 3. The second kappa shape index (κ2) is 3.21. The molecular weight excluding hydrogens is 200 g/mol. The Kier molecular flexibility index (Phi) is 1.86. The van der Waals surface area contributed by atoms with Crippen molar-refractivity contribution in [2.75, 3.05) is 0 Å². The normalized spacial score (nSPS) is 10.9. The number of hydrogen-bond donors (Lipinski definition) is 0. The van der Waals surface area contributed by atoms with Gasteiger partial charge in [0.25, 0.3) is 0 Å². The highest BCUT2D eigenvalue weighted by Crippen LogP contribution is 2.30. The predicted molar refractivity (Wildman–Crippen MR) is 67.3 cm³/mol. The molecule has 15 heavy (non-hydrogen) atoms. The molecule has 0 nitrogen and oxygen atoms in total. The van der Waals surface area contributed by atoms with E-state index in [4.69, 9.17) is 12.6 Å². The molecule has 3 aromatic carbocycles. The Morgan fingerprint density at radius 3 is 2.07 bits per heavy atom. The fourth-order valence-corrected chi connectivity index (χ4v) is 2.32. The molecule has 0 amide bonds. The first kappa shape index (κ1) is 8.69. The summed E-state index contributed by atoms with van der Waals surface area (Å²) in [6, 6.07) is 18.8. The molecule has 0 unspecified atom stereocenters. The molecule has 0 saturated carbocycles. The highest BCUT2D eigenvalue weighted by molar-refractivity contribution is 7.80. The third kappa shape index (κ3) is 1.28. The van der Waals surface area contributed by atoms with Gasteiger partial charge >= 0.3 is 0 Å². The van der Waals surface area contributed by atoms with Crippen molar-refractivity contribution in [2.45, 2.75) is 4.90 Å². The van der Waals surface area contributed by atoms with E-state index in [2.05, 4.69) is 42.5 Å². The molecule has 71 valence electrons. The van der Waals surface area contributed by atoms with Gasteiger partial charge in [-0.25, -0.2) is 0 Å². The molecule has 0 aliphatic heterocycles. The highest BCUT2D eigenvalue weighted by atomic mass is 32.1. The molecule has 1 radical (unpaired) electrons. The molecule has 0 aromatic heterocycles. The average Bonchev–Trinajstić information content (AvgIpc) is 2.30. The minimum Gasteiger partial charge on any atom is -0.0794 e. The van der Waals surface area contributed by atoms with Gasteiger partial charge in [-0.3, -0.25) is 0 Å². The lowest BCUT2D eigenvalue weighted by molar-refractivity contribution is 1.60. The lowest BCUT2D eigenvalue weighted by Gasteiger charge is -2.05. The molecule has 1 heteroatoms. The largest absolute Gasteiger partial charge is 0.0794 e. The average molecular weight is 209 g/mol. The Morgan fingerprint density at radius 2 is 1.27 bits per heavy atom. The summed E-state index contributed by atoms with van der Waals surface area (Å²) in [6.45, 7) is 0. The quantitative estimate of drug-likeness (QED) is 0.476. The maximum Gasteiger partial charge on any atom is 0.0461 e. The van der Waals surface area contributed by atoms with Gasteiger partial charge in [0, 0.05) is 10.3 Å². The third-order valence-electron chi connectivity index (χ3n) is 2.73. The van der Waals surface area contributed by atoms with Gasteiger partial charge in [-0.2, -0.15) is 0 Å². The summed E-state index contributed by atoms with van der Waals surface area (Å²) in [7, 11) is 0. The summed E-state index contributed by atoms with van der Waals surface area (Å²) < 4.78 is 0. The monoisotopic (exact) mass is 209 g/mol. The van der Waals surface area contributed by atoms with Crippen LogP contribution in [0, 0.1) is 0 Å². The van der Waals surface area contributed by atoms with E-state index in [1.165, 1.54) is 21.5 Å². The van der Waals surface area contributed by atoms with Crippen LogP contribution in [0.3, 0.4) is 0 Å². The molecule has 0 heterocycles. The van der Waals surface area contributed by atoms with E-state index in [-0.39, 0.29) is 0 Å². The zero-order valence-corrected chi connectivity index (χ0v) is 8.92. The van der Waals surface area contributed by atoms with Gasteiger partial charge in [-0.1, -0.05) is 61.2 Å². The Morgan fingerprint density at radius 1 is 0.667 bits per heavy atom. The van der Waals surface area contributed by atoms with Gasteiger partial charge in [-0.05, 0) is 22.2 Å². The van der Waals surface area contributed by atoms with Gasteiger partial charge < -0.3 is 0 Å². The minimum atomic E-state index is 0.935. The van der Waals surface area contributed by atoms with Crippen LogP contribution >= 0.6 is 12.6 Å². The van der Waals surface area contributed by atoms with Gasteiger partial charge in [0.05, 0.1) is 0 Å². The summed E-state index contributed by atoms with van der Waals surface area (Å²) in [5.74, 6) is 0. The lowest BCUT2D eigenvalue weighted by Crippen LogP contribution is -1.78. The van der Waals surface area contributed by atoms with Crippen LogP contribution in [0.25, 0.3) is 21.5 Å².